The van der Waals surface area contributed by atoms with Gasteiger partial charge in [0.1, 0.15) is 5.60 Å². The number of aliphatic hydroxyl groups is 2. The van der Waals surface area contributed by atoms with Crippen LogP contribution in [0.25, 0.3) is 0 Å². The number of carbonyl (C=O) groups is 3. The van der Waals surface area contributed by atoms with Gasteiger partial charge in [-0.1, -0.05) is 32.4 Å². The van der Waals surface area contributed by atoms with Crippen molar-refractivity contribution in [2.45, 2.75) is 76.7 Å². The van der Waals surface area contributed by atoms with Crippen LogP contribution in [-0.4, -0.2) is 66.8 Å². The van der Waals surface area contributed by atoms with Crippen molar-refractivity contribution < 1.29 is 34.8 Å². The van der Waals surface area contributed by atoms with Crippen molar-refractivity contribution in [2.75, 3.05) is 6.61 Å². The molecule has 0 bridgehead atoms. The lowest BCUT2D eigenvalue weighted by Crippen LogP contribution is -2.62. The Morgan fingerprint density at radius 1 is 1.26 bits per heavy atom. The maximum atomic E-state index is 12.9. The molecule has 8 atom stereocenters. The molecular formula is C26H40AlO7. The molecule has 0 aromatic rings. The first-order chi connectivity index (χ1) is 15.4. The van der Waals surface area contributed by atoms with E-state index in [9.17, 15) is 24.6 Å². The van der Waals surface area contributed by atoms with Crippen LogP contribution < -0.4 is 0 Å². The van der Waals surface area contributed by atoms with E-state index < -0.39 is 40.9 Å². The number of esters is 1. The summed E-state index contributed by atoms with van der Waals surface area (Å²) in [6, 6.07) is 0. The molecule has 4 N–H and O–H groups in total. The predicted octanol–water partition coefficient (Wildman–Crippen LogP) is 2.34. The minimum Gasteiger partial charge on any atom is -0.458 e. The molecule has 0 aliphatic heterocycles. The van der Waals surface area contributed by atoms with Crippen molar-refractivity contribution in [3.8, 4) is 0 Å². The third-order valence-corrected chi connectivity index (χ3v) is 8.84. The molecule has 0 saturated heterocycles. The van der Waals surface area contributed by atoms with E-state index >= 15 is 0 Å². The van der Waals surface area contributed by atoms with E-state index in [1.54, 1.807) is 12.2 Å². The van der Waals surface area contributed by atoms with Gasteiger partial charge in [-0.25, -0.2) is 0 Å². The van der Waals surface area contributed by atoms with Crippen LogP contribution in [0, 0.1) is 34.5 Å². The minimum atomic E-state index is -1.61. The molecule has 34 heavy (non-hydrogen) atoms. The van der Waals surface area contributed by atoms with Crippen LogP contribution in [0.3, 0.4) is 0 Å². The summed E-state index contributed by atoms with van der Waals surface area (Å²) in [4.78, 5) is 36.1. The van der Waals surface area contributed by atoms with Crippen molar-refractivity contribution in [1.29, 1.82) is 0 Å². The number of Topliss-reactive ketones (excluding diaryl/α,β-unsaturated/α-hetero) is 1. The fourth-order valence-electron chi connectivity index (χ4n) is 7.50. The van der Waals surface area contributed by atoms with Crippen molar-refractivity contribution >= 4 is 32.8 Å². The Morgan fingerprint density at radius 2 is 1.88 bits per heavy atom. The van der Waals surface area contributed by atoms with Gasteiger partial charge in [-0.2, -0.15) is 0 Å². The van der Waals surface area contributed by atoms with E-state index in [0.717, 1.165) is 27.2 Å². The molecular weight excluding hydrogens is 451 g/mol. The number of carbonyl (C=O) groups excluding carboxylic acids is 3. The smallest absolute Gasteiger partial charge is 0.303 e. The molecule has 0 amide bonds. The van der Waals surface area contributed by atoms with Crippen LogP contribution in [0.4, 0.5) is 0 Å². The Morgan fingerprint density at radius 3 is 2.47 bits per heavy atom. The summed E-state index contributed by atoms with van der Waals surface area (Å²) in [6.45, 7) is 6.94. The van der Waals surface area contributed by atoms with E-state index in [-0.39, 0.29) is 34.9 Å². The number of ketones is 2. The summed E-state index contributed by atoms with van der Waals surface area (Å²) in [5.41, 5.74) is -1.72. The molecule has 0 aromatic heterocycles. The number of ether oxygens (including phenoxy) is 1. The van der Waals surface area contributed by atoms with Crippen LogP contribution >= 0.6 is 0 Å². The van der Waals surface area contributed by atoms with Gasteiger partial charge in [0, 0.05) is 23.7 Å². The molecule has 4 aliphatic carbocycles. The summed E-state index contributed by atoms with van der Waals surface area (Å²) < 4.78 is 4.89. The zero-order chi connectivity index (χ0) is 24.8. The zero-order valence-electron chi connectivity index (χ0n) is 21.3. The third kappa shape index (κ3) is 4.49. The van der Waals surface area contributed by atoms with E-state index in [1.807, 2.05) is 13.0 Å². The van der Waals surface area contributed by atoms with Crippen molar-refractivity contribution in [3.05, 3.63) is 23.8 Å². The zero-order valence-corrected chi connectivity index (χ0v) is 22.4. The van der Waals surface area contributed by atoms with Crippen LogP contribution in [-0.2, 0) is 19.1 Å². The second kappa shape index (κ2) is 10.4. The monoisotopic (exact) mass is 491 g/mol. The third-order valence-electron chi connectivity index (χ3n) is 8.84. The highest BCUT2D eigenvalue weighted by Gasteiger charge is 2.68. The fraction of sp³-hybridized carbons (Fsp3) is 0.731. The molecule has 8 heteroatoms. The molecule has 7 nitrogen and oxygen atoms in total. The summed E-state index contributed by atoms with van der Waals surface area (Å²) >= 11 is 0.750. The first kappa shape index (κ1) is 28.9. The maximum absolute atomic E-state index is 12.9. The second-order valence-electron chi connectivity index (χ2n) is 10.9. The standard InChI is InChI=1S/C24H32O6.2CH3.Al.H2O/c1-13-9-16-17-6-8-24(29,20(28)12-30-14(2)25)23(17,4)11-19(27)21(16)22(3)7-5-15(26)10-18(13)22;;;;/h5,7,10,13,16-17,19,21,27,29H,6,8-9,11-12H2,1-4H3;2*1H3;;1H2/t13-,16-,17-,19-,21+,22-,23-,24-;;;;/m0..../s1. The highest BCUT2D eigenvalue weighted by atomic mass is 27.1. The molecule has 0 spiro atoms. The lowest BCUT2D eigenvalue weighted by molar-refractivity contribution is -0.182. The maximum Gasteiger partial charge on any atom is 0.303 e. The number of fused-ring (bicyclic) bond motifs is 5. The lowest BCUT2D eigenvalue weighted by Gasteiger charge is -2.60. The average molecular weight is 492 g/mol. The predicted molar refractivity (Wildman–Crippen MR) is 130 cm³/mol. The van der Waals surface area contributed by atoms with Crippen LogP contribution in [0.2, 0.25) is 11.6 Å². The Labute approximate surface area is 209 Å². The number of allylic oxidation sites excluding steroid dienone is 4. The SMILES string of the molecule is CC(=O)OCC(=O)[C@@]1(O)CC[C@H]2[C@@H]3C[C@H](C)C4=CC(=O)C=C[C@]4(C)[C@H]3[C@@H](O)C[C@@]21C.O.[CH3][Al][CH3]. The second-order valence-corrected chi connectivity index (χ2v) is 12.1. The van der Waals surface area contributed by atoms with Crippen LogP contribution in [0.5, 0.6) is 0 Å². The van der Waals surface area contributed by atoms with E-state index in [2.05, 4.69) is 25.4 Å². The van der Waals surface area contributed by atoms with E-state index in [4.69, 9.17) is 4.74 Å². The first-order valence-electron chi connectivity index (χ1n) is 12.1. The number of hydrogen-bond acceptors (Lipinski definition) is 6. The van der Waals surface area contributed by atoms with Crippen LogP contribution in [0.1, 0.15) is 53.4 Å². The summed E-state index contributed by atoms with van der Waals surface area (Å²) in [7, 11) is 0. The van der Waals surface area contributed by atoms with Gasteiger partial charge in [-0.3, -0.25) is 14.4 Å². The van der Waals surface area contributed by atoms with Gasteiger partial charge < -0.3 is 20.4 Å². The van der Waals surface area contributed by atoms with Crippen molar-refractivity contribution in [2.24, 2.45) is 34.5 Å². The van der Waals surface area contributed by atoms with E-state index in [0.29, 0.717) is 19.3 Å². The molecule has 0 unspecified atom stereocenters. The van der Waals surface area contributed by atoms with Gasteiger partial charge >= 0.3 is 5.97 Å². The average Bonchev–Trinajstić information content (AvgIpc) is 2.99. The normalized spacial score (nSPS) is 41.9. The van der Waals surface area contributed by atoms with Gasteiger partial charge in [-0.05, 0) is 55.6 Å². The molecule has 4 aliphatic rings. The summed E-state index contributed by atoms with van der Waals surface area (Å²) in [6.07, 6.45) is 6.71. The highest BCUT2D eigenvalue weighted by molar-refractivity contribution is 6.31. The Bertz CT molecular complexity index is 882. The molecule has 189 valence electrons. The van der Waals surface area contributed by atoms with Gasteiger partial charge in [0.05, 0.1) is 6.10 Å². The van der Waals surface area contributed by atoms with Gasteiger partial charge in [0.25, 0.3) is 0 Å². The molecule has 4 rings (SSSR count). The van der Waals surface area contributed by atoms with E-state index in [1.165, 1.54) is 6.92 Å². The number of rotatable bonds is 3. The number of hydrogen-bond donors (Lipinski definition) is 2. The lowest BCUT2D eigenvalue weighted by atomic mass is 9.45. The largest absolute Gasteiger partial charge is 0.458 e. The fourth-order valence-corrected chi connectivity index (χ4v) is 7.50. The van der Waals surface area contributed by atoms with Gasteiger partial charge in [0.15, 0.2) is 27.6 Å². The van der Waals surface area contributed by atoms with Gasteiger partial charge in [0.2, 0.25) is 5.78 Å². The Kier molecular flexibility index (Phi) is 8.82. The Balaban J connectivity index is 0.000000970. The van der Waals surface area contributed by atoms with Crippen molar-refractivity contribution in [1.82, 2.24) is 0 Å². The summed E-state index contributed by atoms with van der Waals surface area (Å²) in [5.74, 6) is 3.70. The van der Waals surface area contributed by atoms with Gasteiger partial charge in [-0.15, -0.1) is 11.6 Å². The molecule has 3 fully saturated rings. The quantitative estimate of drug-likeness (QED) is 0.460. The minimum absolute atomic E-state index is 0. The van der Waals surface area contributed by atoms with Crippen molar-refractivity contribution in [3.63, 3.8) is 0 Å². The summed E-state index contributed by atoms with van der Waals surface area (Å²) in [5, 5.41) is 22.9. The number of aliphatic hydroxyl groups excluding tert-OH is 1. The molecule has 0 aromatic carbocycles. The topological polar surface area (TPSA) is 132 Å². The molecule has 3 saturated carbocycles. The molecule has 1 radical (unpaired) electrons. The highest BCUT2D eigenvalue weighted by Crippen LogP contribution is 2.67. The first-order valence-corrected chi connectivity index (χ1v) is 14.4. The van der Waals surface area contributed by atoms with Crippen LogP contribution in [0.15, 0.2) is 23.8 Å². The Hall–Kier alpha value is -1.30. The molecule has 0 heterocycles.